The van der Waals surface area contributed by atoms with E-state index in [1.807, 2.05) is 16.8 Å². The van der Waals surface area contributed by atoms with E-state index in [2.05, 4.69) is 44.5 Å². The standard InChI is InChI=1S/C24H32N6O2/c1-2-16-8-9-21-17(14-16)15-20(24(32)25-21)22(29-12-10-19(31)11-13-29)23-26-27-28-30(23)18-6-4-3-5-7-18/h8-9,14-15,18-19,22,31H,2-7,10-13H2,1H3,(H,25,32). The highest BCUT2D eigenvalue weighted by molar-refractivity contribution is 5.80. The van der Waals surface area contributed by atoms with Crippen molar-refractivity contribution in [1.29, 1.82) is 0 Å². The molecule has 2 fully saturated rings. The summed E-state index contributed by atoms with van der Waals surface area (Å²) in [6, 6.07) is 8.15. The van der Waals surface area contributed by atoms with E-state index < -0.39 is 0 Å². The minimum absolute atomic E-state index is 0.101. The van der Waals surface area contributed by atoms with Gasteiger partial charge in [-0.15, -0.1) is 5.10 Å². The molecule has 5 rings (SSSR count). The molecule has 2 N–H and O–H groups in total. The fourth-order valence-corrected chi connectivity index (χ4v) is 5.31. The number of hydrogen-bond acceptors (Lipinski definition) is 6. The minimum Gasteiger partial charge on any atom is -0.393 e. The molecule has 1 unspecified atom stereocenters. The first-order valence-corrected chi connectivity index (χ1v) is 12.0. The van der Waals surface area contributed by atoms with Gasteiger partial charge in [0, 0.05) is 24.2 Å². The van der Waals surface area contributed by atoms with Crippen molar-refractivity contribution in [3.8, 4) is 0 Å². The Kier molecular flexibility index (Phi) is 6.06. The Morgan fingerprint density at radius 3 is 2.66 bits per heavy atom. The van der Waals surface area contributed by atoms with E-state index in [1.54, 1.807) is 0 Å². The van der Waals surface area contributed by atoms with Crippen LogP contribution in [-0.2, 0) is 6.42 Å². The first kappa shape index (κ1) is 21.3. The highest BCUT2D eigenvalue weighted by Crippen LogP contribution is 2.34. The van der Waals surface area contributed by atoms with Gasteiger partial charge in [0.15, 0.2) is 5.82 Å². The predicted octanol–water partition coefficient (Wildman–Crippen LogP) is 3.13. The highest BCUT2D eigenvalue weighted by atomic mass is 16.3. The van der Waals surface area contributed by atoms with E-state index in [-0.39, 0.29) is 23.7 Å². The maximum atomic E-state index is 13.3. The lowest BCUT2D eigenvalue weighted by molar-refractivity contribution is 0.0651. The summed E-state index contributed by atoms with van der Waals surface area (Å²) in [7, 11) is 0. The Labute approximate surface area is 187 Å². The predicted molar refractivity (Wildman–Crippen MR) is 123 cm³/mol. The average Bonchev–Trinajstić information content (AvgIpc) is 3.30. The second-order valence-electron chi connectivity index (χ2n) is 9.27. The van der Waals surface area contributed by atoms with Crippen molar-refractivity contribution < 1.29 is 5.11 Å². The summed E-state index contributed by atoms with van der Waals surface area (Å²) in [5.41, 5.74) is 2.65. The number of aryl methyl sites for hydroxylation is 1. The second kappa shape index (κ2) is 9.11. The second-order valence-corrected chi connectivity index (χ2v) is 9.27. The van der Waals surface area contributed by atoms with E-state index in [0.717, 1.165) is 36.0 Å². The molecule has 0 amide bonds. The van der Waals surface area contributed by atoms with Gasteiger partial charge in [-0.25, -0.2) is 4.68 Å². The topological polar surface area (TPSA) is 99.9 Å². The van der Waals surface area contributed by atoms with Gasteiger partial charge in [0.1, 0.15) is 6.04 Å². The first-order chi connectivity index (χ1) is 15.6. The lowest BCUT2D eigenvalue weighted by Crippen LogP contribution is -2.42. The van der Waals surface area contributed by atoms with E-state index in [4.69, 9.17) is 0 Å². The van der Waals surface area contributed by atoms with Crippen LogP contribution in [0.2, 0.25) is 0 Å². The monoisotopic (exact) mass is 436 g/mol. The van der Waals surface area contributed by atoms with Crippen molar-refractivity contribution in [1.82, 2.24) is 30.1 Å². The number of aromatic nitrogens is 5. The van der Waals surface area contributed by atoms with Gasteiger partial charge < -0.3 is 10.1 Å². The molecule has 3 heterocycles. The molecule has 1 saturated heterocycles. The number of likely N-dealkylation sites (tertiary alicyclic amines) is 1. The number of aliphatic hydroxyl groups is 1. The Balaban J connectivity index is 1.62. The molecule has 0 radical (unpaired) electrons. The molecule has 2 aliphatic rings. The number of nitrogens with zero attached hydrogens (tertiary/aromatic N) is 5. The molecule has 1 aliphatic carbocycles. The number of hydrogen-bond donors (Lipinski definition) is 2. The Morgan fingerprint density at radius 2 is 1.91 bits per heavy atom. The molecule has 1 saturated carbocycles. The number of fused-ring (bicyclic) bond motifs is 1. The highest BCUT2D eigenvalue weighted by Gasteiger charge is 2.34. The van der Waals surface area contributed by atoms with Crippen LogP contribution in [0.15, 0.2) is 29.1 Å². The van der Waals surface area contributed by atoms with Crippen molar-refractivity contribution in [3.05, 3.63) is 51.6 Å². The number of pyridine rings is 1. The summed E-state index contributed by atoms with van der Waals surface area (Å²) in [6.45, 7) is 3.54. The van der Waals surface area contributed by atoms with E-state index in [9.17, 15) is 9.90 Å². The lowest BCUT2D eigenvalue weighted by Gasteiger charge is -2.36. The SMILES string of the molecule is CCc1ccc2[nH]c(=O)c(C(c3nnnn3C3CCCCC3)N3CCC(O)CC3)cc2c1. The van der Waals surface area contributed by atoms with Crippen LogP contribution < -0.4 is 5.56 Å². The summed E-state index contributed by atoms with van der Waals surface area (Å²) in [6.07, 6.45) is 7.78. The largest absolute Gasteiger partial charge is 0.393 e. The number of tetrazole rings is 1. The number of nitrogens with one attached hydrogen (secondary N) is 1. The fourth-order valence-electron chi connectivity index (χ4n) is 5.31. The number of aromatic amines is 1. The zero-order valence-corrected chi connectivity index (χ0v) is 18.7. The molecule has 2 aromatic heterocycles. The molecular formula is C24H32N6O2. The smallest absolute Gasteiger partial charge is 0.253 e. The van der Waals surface area contributed by atoms with Gasteiger partial charge in [-0.3, -0.25) is 9.69 Å². The van der Waals surface area contributed by atoms with Crippen molar-refractivity contribution in [3.63, 3.8) is 0 Å². The third-order valence-electron chi connectivity index (χ3n) is 7.19. The maximum absolute atomic E-state index is 13.3. The van der Waals surface area contributed by atoms with E-state index >= 15 is 0 Å². The first-order valence-electron chi connectivity index (χ1n) is 12.0. The van der Waals surface area contributed by atoms with E-state index in [1.165, 1.54) is 24.8 Å². The van der Waals surface area contributed by atoms with Crippen LogP contribution in [0.25, 0.3) is 10.9 Å². The summed E-state index contributed by atoms with van der Waals surface area (Å²) in [5.74, 6) is 0.741. The van der Waals surface area contributed by atoms with Gasteiger partial charge in [0.05, 0.1) is 12.1 Å². The van der Waals surface area contributed by atoms with Crippen molar-refractivity contribution in [2.75, 3.05) is 13.1 Å². The normalized spacial score (nSPS) is 20.1. The van der Waals surface area contributed by atoms with Crippen molar-refractivity contribution >= 4 is 10.9 Å². The Hall–Kier alpha value is -2.58. The fraction of sp³-hybridized carbons (Fsp3) is 0.583. The lowest BCUT2D eigenvalue weighted by atomic mass is 9.94. The molecule has 0 spiro atoms. The molecule has 1 aliphatic heterocycles. The molecule has 32 heavy (non-hydrogen) atoms. The van der Waals surface area contributed by atoms with Crippen LogP contribution in [0.4, 0.5) is 0 Å². The van der Waals surface area contributed by atoms with Crippen molar-refractivity contribution in [2.24, 2.45) is 0 Å². The third-order valence-corrected chi connectivity index (χ3v) is 7.19. The number of H-pyrrole nitrogens is 1. The van der Waals surface area contributed by atoms with Crippen molar-refractivity contribution in [2.45, 2.75) is 76.5 Å². The van der Waals surface area contributed by atoms with Gasteiger partial charge in [-0.2, -0.15) is 0 Å². The summed E-state index contributed by atoms with van der Waals surface area (Å²) in [4.78, 5) is 18.7. The van der Waals surface area contributed by atoms with Gasteiger partial charge in [-0.1, -0.05) is 32.3 Å². The van der Waals surface area contributed by atoms with Crippen LogP contribution >= 0.6 is 0 Å². The molecule has 1 atom stereocenters. The Bertz CT molecular complexity index is 1120. The minimum atomic E-state index is -0.335. The van der Waals surface area contributed by atoms with Crippen LogP contribution in [0.5, 0.6) is 0 Å². The van der Waals surface area contributed by atoms with Gasteiger partial charge in [0.25, 0.3) is 5.56 Å². The van der Waals surface area contributed by atoms with E-state index in [0.29, 0.717) is 31.5 Å². The zero-order valence-electron chi connectivity index (χ0n) is 18.7. The number of benzene rings is 1. The molecule has 8 heteroatoms. The summed E-state index contributed by atoms with van der Waals surface area (Å²) < 4.78 is 1.97. The maximum Gasteiger partial charge on any atom is 0.253 e. The number of rotatable bonds is 5. The van der Waals surface area contributed by atoms with Crippen LogP contribution in [0.1, 0.15) is 80.9 Å². The molecule has 8 nitrogen and oxygen atoms in total. The van der Waals surface area contributed by atoms with Gasteiger partial charge >= 0.3 is 0 Å². The molecule has 1 aromatic carbocycles. The number of piperidine rings is 1. The van der Waals surface area contributed by atoms with Gasteiger partial charge in [-0.05, 0) is 71.7 Å². The molecule has 3 aromatic rings. The van der Waals surface area contributed by atoms with Gasteiger partial charge in [0.2, 0.25) is 0 Å². The Morgan fingerprint density at radius 1 is 1.12 bits per heavy atom. The summed E-state index contributed by atoms with van der Waals surface area (Å²) in [5, 5.41) is 24.0. The molecule has 0 bridgehead atoms. The average molecular weight is 437 g/mol. The summed E-state index contributed by atoms with van der Waals surface area (Å²) >= 11 is 0. The molecule has 170 valence electrons. The zero-order chi connectivity index (χ0) is 22.1. The quantitative estimate of drug-likeness (QED) is 0.637. The van der Waals surface area contributed by atoms with Crippen LogP contribution in [0, 0.1) is 0 Å². The van der Waals surface area contributed by atoms with Crippen LogP contribution in [0.3, 0.4) is 0 Å². The van der Waals surface area contributed by atoms with Crippen LogP contribution in [-0.4, -0.2) is 54.4 Å². The molecular weight excluding hydrogens is 404 g/mol. The third kappa shape index (κ3) is 4.09. The number of aliphatic hydroxyl groups excluding tert-OH is 1.